The Bertz CT molecular complexity index is 668. The Hall–Kier alpha value is -1.56. The SMILES string of the molecule is COc1ccc(C)cc1N1C(=O)C[C@@H]2CS(=O)(=O)C[C@H]21. The van der Waals surface area contributed by atoms with Crippen LogP contribution in [0.2, 0.25) is 0 Å². The standard InChI is InChI=1S/C14H17NO4S/c1-9-3-4-13(19-2)11(5-9)15-12-8-20(17,18)7-10(12)6-14(15)16/h3-5,10,12H,6-8H2,1-2H3/t10-,12-/m1/s1. The summed E-state index contributed by atoms with van der Waals surface area (Å²) >= 11 is 0. The number of benzene rings is 1. The van der Waals surface area contributed by atoms with Gasteiger partial charge in [0, 0.05) is 12.3 Å². The van der Waals surface area contributed by atoms with E-state index >= 15 is 0 Å². The fourth-order valence-corrected chi connectivity index (χ4v) is 5.26. The van der Waals surface area contributed by atoms with E-state index in [9.17, 15) is 13.2 Å². The maximum Gasteiger partial charge on any atom is 0.227 e. The number of anilines is 1. The zero-order valence-corrected chi connectivity index (χ0v) is 12.3. The van der Waals surface area contributed by atoms with E-state index in [0.717, 1.165) is 5.56 Å². The lowest BCUT2D eigenvalue weighted by Gasteiger charge is -2.25. The third-order valence-electron chi connectivity index (χ3n) is 4.07. The van der Waals surface area contributed by atoms with Crippen molar-refractivity contribution < 1.29 is 17.9 Å². The summed E-state index contributed by atoms with van der Waals surface area (Å²) in [5.74, 6) is 0.680. The van der Waals surface area contributed by atoms with Crippen LogP contribution in [-0.4, -0.2) is 39.0 Å². The van der Waals surface area contributed by atoms with Crippen LogP contribution in [0.3, 0.4) is 0 Å². The highest BCUT2D eigenvalue weighted by Crippen LogP contribution is 2.41. The average Bonchev–Trinajstić information content (AvgIpc) is 2.79. The van der Waals surface area contributed by atoms with Gasteiger partial charge in [0.15, 0.2) is 9.84 Å². The van der Waals surface area contributed by atoms with Gasteiger partial charge in [-0.1, -0.05) is 6.07 Å². The molecule has 0 aliphatic carbocycles. The minimum absolute atomic E-state index is 0.0150. The smallest absolute Gasteiger partial charge is 0.227 e. The molecule has 5 nitrogen and oxygen atoms in total. The van der Waals surface area contributed by atoms with Crippen LogP contribution in [0.15, 0.2) is 18.2 Å². The monoisotopic (exact) mass is 295 g/mol. The molecule has 2 atom stereocenters. The van der Waals surface area contributed by atoms with Crippen LogP contribution in [-0.2, 0) is 14.6 Å². The van der Waals surface area contributed by atoms with Gasteiger partial charge < -0.3 is 9.64 Å². The molecule has 0 spiro atoms. The number of hydrogen-bond donors (Lipinski definition) is 0. The van der Waals surface area contributed by atoms with Gasteiger partial charge in [0.2, 0.25) is 5.91 Å². The lowest BCUT2D eigenvalue weighted by molar-refractivity contribution is -0.117. The van der Waals surface area contributed by atoms with Crippen LogP contribution >= 0.6 is 0 Å². The van der Waals surface area contributed by atoms with Crippen molar-refractivity contribution in [2.24, 2.45) is 5.92 Å². The van der Waals surface area contributed by atoms with E-state index in [-0.39, 0.29) is 29.4 Å². The van der Waals surface area contributed by atoms with Crippen molar-refractivity contribution in [2.45, 2.75) is 19.4 Å². The molecular formula is C14H17NO4S. The molecule has 20 heavy (non-hydrogen) atoms. The van der Waals surface area contributed by atoms with Gasteiger partial charge in [-0.05, 0) is 24.6 Å². The van der Waals surface area contributed by atoms with Crippen molar-refractivity contribution in [3.8, 4) is 5.75 Å². The zero-order valence-electron chi connectivity index (χ0n) is 11.5. The van der Waals surface area contributed by atoms with Gasteiger partial charge in [0.05, 0.1) is 30.3 Å². The Morgan fingerprint density at radius 3 is 2.75 bits per heavy atom. The molecule has 0 radical (unpaired) electrons. The number of hydrogen-bond acceptors (Lipinski definition) is 4. The van der Waals surface area contributed by atoms with Crippen molar-refractivity contribution in [1.29, 1.82) is 0 Å². The fraction of sp³-hybridized carbons (Fsp3) is 0.500. The molecular weight excluding hydrogens is 278 g/mol. The summed E-state index contributed by atoms with van der Waals surface area (Å²) in [4.78, 5) is 13.9. The van der Waals surface area contributed by atoms with Crippen molar-refractivity contribution in [2.75, 3.05) is 23.5 Å². The molecule has 0 aromatic heterocycles. The first-order valence-corrected chi connectivity index (χ1v) is 8.40. The molecule has 2 aliphatic heterocycles. The molecule has 6 heteroatoms. The van der Waals surface area contributed by atoms with Gasteiger partial charge in [0.1, 0.15) is 5.75 Å². The molecule has 2 aliphatic rings. The average molecular weight is 295 g/mol. The second kappa shape index (κ2) is 4.48. The number of rotatable bonds is 2. The number of methoxy groups -OCH3 is 1. The molecule has 0 N–H and O–H groups in total. The van der Waals surface area contributed by atoms with Crippen molar-refractivity contribution in [1.82, 2.24) is 0 Å². The minimum Gasteiger partial charge on any atom is -0.495 e. The van der Waals surface area contributed by atoms with Crippen LogP contribution in [0.1, 0.15) is 12.0 Å². The number of nitrogens with zero attached hydrogens (tertiary/aromatic N) is 1. The number of carbonyl (C=O) groups is 1. The van der Waals surface area contributed by atoms with Crippen LogP contribution in [0, 0.1) is 12.8 Å². The van der Waals surface area contributed by atoms with Gasteiger partial charge in [0.25, 0.3) is 0 Å². The number of ether oxygens (including phenoxy) is 1. The zero-order chi connectivity index (χ0) is 14.5. The topological polar surface area (TPSA) is 63.7 Å². The highest BCUT2D eigenvalue weighted by atomic mass is 32.2. The number of carbonyl (C=O) groups excluding carboxylic acids is 1. The first-order valence-electron chi connectivity index (χ1n) is 6.58. The molecule has 1 amide bonds. The summed E-state index contributed by atoms with van der Waals surface area (Å²) in [6.07, 6.45) is 0.307. The molecule has 0 saturated carbocycles. The van der Waals surface area contributed by atoms with Crippen LogP contribution in [0.4, 0.5) is 5.69 Å². The number of fused-ring (bicyclic) bond motifs is 1. The largest absolute Gasteiger partial charge is 0.495 e. The highest BCUT2D eigenvalue weighted by molar-refractivity contribution is 7.91. The van der Waals surface area contributed by atoms with Gasteiger partial charge in [-0.3, -0.25) is 4.79 Å². The van der Waals surface area contributed by atoms with Crippen LogP contribution < -0.4 is 9.64 Å². The molecule has 2 fully saturated rings. The van der Waals surface area contributed by atoms with Crippen LogP contribution in [0.5, 0.6) is 5.75 Å². The quantitative estimate of drug-likeness (QED) is 0.821. The molecule has 0 unspecified atom stereocenters. The van der Waals surface area contributed by atoms with Crippen molar-refractivity contribution >= 4 is 21.4 Å². The van der Waals surface area contributed by atoms with Gasteiger partial charge in [-0.15, -0.1) is 0 Å². The summed E-state index contributed by atoms with van der Waals surface area (Å²) in [6, 6.07) is 5.35. The van der Waals surface area contributed by atoms with Crippen molar-refractivity contribution in [3.05, 3.63) is 23.8 Å². The summed E-state index contributed by atoms with van der Waals surface area (Å²) in [5, 5.41) is 0. The normalized spacial score (nSPS) is 27.7. The Labute approximate surface area is 118 Å². The summed E-state index contributed by atoms with van der Waals surface area (Å²) in [7, 11) is -1.48. The van der Waals surface area contributed by atoms with Crippen molar-refractivity contribution in [3.63, 3.8) is 0 Å². The fourth-order valence-electron chi connectivity index (χ4n) is 3.19. The Kier molecular flexibility index (Phi) is 3.01. The maximum absolute atomic E-state index is 12.3. The first-order chi connectivity index (χ1) is 9.41. The summed E-state index contributed by atoms with van der Waals surface area (Å²) in [6.45, 7) is 1.94. The summed E-state index contributed by atoms with van der Waals surface area (Å²) < 4.78 is 28.9. The van der Waals surface area contributed by atoms with E-state index in [1.54, 1.807) is 12.0 Å². The Balaban J connectivity index is 2.05. The third-order valence-corrected chi connectivity index (χ3v) is 5.85. The molecule has 3 rings (SSSR count). The number of sulfone groups is 1. The lowest BCUT2D eigenvalue weighted by atomic mass is 10.0. The van der Waals surface area contributed by atoms with Gasteiger partial charge in [-0.25, -0.2) is 8.42 Å². The van der Waals surface area contributed by atoms with E-state index in [1.165, 1.54) is 0 Å². The molecule has 2 saturated heterocycles. The van der Waals surface area contributed by atoms with Gasteiger partial charge >= 0.3 is 0 Å². The first kappa shape index (κ1) is 13.4. The van der Waals surface area contributed by atoms with E-state index < -0.39 is 9.84 Å². The lowest BCUT2D eigenvalue weighted by Crippen LogP contribution is -2.36. The molecule has 2 heterocycles. The number of amides is 1. The van der Waals surface area contributed by atoms with E-state index in [2.05, 4.69) is 0 Å². The van der Waals surface area contributed by atoms with E-state index in [0.29, 0.717) is 17.9 Å². The van der Waals surface area contributed by atoms with Gasteiger partial charge in [-0.2, -0.15) is 0 Å². The Morgan fingerprint density at radius 2 is 2.05 bits per heavy atom. The van der Waals surface area contributed by atoms with Crippen LogP contribution in [0.25, 0.3) is 0 Å². The second-order valence-electron chi connectivity index (χ2n) is 5.55. The number of aryl methyl sites for hydroxylation is 1. The maximum atomic E-state index is 12.3. The molecule has 108 valence electrons. The predicted molar refractivity (Wildman–Crippen MR) is 75.8 cm³/mol. The molecule has 1 aromatic rings. The van der Waals surface area contributed by atoms with E-state index in [1.807, 2.05) is 25.1 Å². The highest BCUT2D eigenvalue weighted by Gasteiger charge is 2.49. The third kappa shape index (κ3) is 2.08. The predicted octanol–water partition coefficient (Wildman–Crippen LogP) is 1.15. The summed E-state index contributed by atoms with van der Waals surface area (Å²) in [5.41, 5.74) is 1.69. The second-order valence-corrected chi connectivity index (χ2v) is 7.70. The minimum atomic E-state index is -3.03. The Morgan fingerprint density at radius 1 is 1.30 bits per heavy atom. The molecule has 0 bridgehead atoms. The van der Waals surface area contributed by atoms with E-state index in [4.69, 9.17) is 4.74 Å². The molecule has 1 aromatic carbocycles.